The molecule has 6 nitrogen and oxygen atoms in total. The van der Waals surface area contributed by atoms with Crippen molar-refractivity contribution in [2.75, 3.05) is 13.3 Å². The van der Waals surface area contributed by atoms with Crippen LogP contribution in [0.15, 0.2) is 18.2 Å². The molecular weight excluding hydrogens is 250 g/mol. The number of rotatable bonds is 5. The van der Waals surface area contributed by atoms with Gasteiger partial charge >= 0.3 is 5.97 Å². The van der Waals surface area contributed by atoms with Gasteiger partial charge in [0.15, 0.2) is 11.5 Å². The Hall–Kier alpha value is -2.24. The molecule has 1 N–H and O–H groups in total. The number of amides is 1. The molecule has 0 radical (unpaired) electrons. The molecule has 1 aliphatic heterocycles. The van der Waals surface area contributed by atoms with E-state index in [0.717, 1.165) is 5.56 Å². The van der Waals surface area contributed by atoms with Crippen molar-refractivity contribution in [3.05, 3.63) is 23.8 Å². The first-order chi connectivity index (χ1) is 9.10. The van der Waals surface area contributed by atoms with E-state index in [0.29, 0.717) is 24.6 Å². The first-order valence-corrected chi connectivity index (χ1v) is 5.98. The Balaban J connectivity index is 2.06. The summed E-state index contributed by atoms with van der Waals surface area (Å²) in [5, 5.41) is 8.64. The molecular formula is C13H15NO5. The lowest BCUT2D eigenvalue weighted by atomic mass is 10.2. The summed E-state index contributed by atoms with van der Waals surface area (Å²) in [5.74, 6) is -0.176. The van der Waals surface area contributed by atoms with Gasteiger partial charge in [-0.2, -0.15) is 0 Å². The first-order valence-electron chi connectivity index (χ1n) is 5.98. The van der Waals surface area contributed by atoms with Crippen LogP contribution in [0.25, 0.3) is 0 Å². The number of nitrogens with zero attached hydrogens (tertiary/aromatic N) is 1. The normalized spacial score (nSPS) is 12.3. The van der Waals surface area contributed by atoms with Gasteiger partial charge in [0.05, 0.1) is 0 Å². The van der Waals surface area contributed by atoms with E-state index >= 15 is 0 Å². The van der Waals surface area contributed by atoms with Gasteiger partial charge in [0.2, 0.25) is 12.7 Å². The van der Waals surface area contributed by atoms with Gasteiger partial charge in [-0.25, -0.2) is 0 Å². The number of carbonyl (C=O) groups excluding carboxylic acids is 1. The number of benzene rings is 1. The Morgan fingerprint density at radius 2 is 2.05 bits per heavy atom. The van der Waals surface area contributed by atoms with E-state index in [1.807, 2.05) is 13.0 Å². The minimum atomic E-state index is -1.12. The highest BCUT2D eigenvalue weighted by molar-refractivity contribution is 5.93. The summed E-state index contributed by atoms with van der Waals surface area (Å²) in [5.41, 5.74) is 0.879. The number of carboxylic acids is 1. The molecule has 102 valence electrons. The molecule has 0 saturated carbocycles. The molecule has 1 heterocycles. The summed E-state index contributed by atoms with van der Waals surface area (Å²) >= 11 is 0. The van der Waals surface area contributed by atoms with E-state index < -0.39 is 18.3 Å². The van der Waals surface area contributed by atoms with Crippen LogP contribution in [0.1, 0.15) is 18.9 Å². The van der Waals surface area contributed by atoms with Crippen LogP contribution in [0.2, 0.25) is 0 Å². The van der Waals surface area contributed by atoms with Gasteiger partial charge in [0.25, 0.3) is 0 Å². The zero-order chi connectivity index (χ0) is 13.8. The SMILES string of the molecule is CCN(Cc1ccc2c(c1)OCO2)C(=O)CC(=O)O. The minimum absolute atomic E-state index is 0.203. The third kappa shape index (κ3) is 3.15. The van der Waals surface area contributed by atoms with E-state index in [1.54, 1.807) is 12.1 Å². The molecule has 0 fully saturated rings. The van der Waals surface area contributed by atoms with Crippen LogP contribution in [0.4, 0.5) is 0 Å². The van der Waals surface area contributed by atoms with Gasteiger partial charge in [-0.05, 0) is 24.6 Å². The molecule has 6 heteroatoms. The Morgan fingerprint density at radius 1 is 1.32 bits per heavy atom. The molecule has 0 atom stereocenters. The summed E-state index contributed by atoms with van der Waals surface area (Å²) in [6, 6.07) is 5.43. The fraction of sp³-hybridized carbons (Fsp3) is 0.385. The second kappa shape index (κ2) is 5.60. The molecule has 0 bridgehead atoms. The molecule has 19 heavy (non-hydrogen) atoms. The molecule has 1 aliphatic rings. The molecule has 0 aromatic heterocycles. The fourth-order valence-corrected chi connectivity index (χ4v) is 1.88. The Morgan fingerprint density at radius 3 is 2.74 bits per heavy atom. The minimum Gasteiger partial charge on any atom is -0.481 e. The number of fused-ring (bicyclic) bond motifs is 1. The van der Waals surface area contributed by atoms with Gasteiger partial charge in [0, 0.05) is 13.1 Å². The monoisotopic (exact) mass is 265 g/mol. The van der Waals surface area contributed by atoms with Crippen molar-refractivity contribution < 1.29 is 24.2 Å². The highest BCUT2D eigenvalue weighted by atomic mass is 16.7. The number of hydrogen-bond acceptors (Lipinski definition) is 4. The lowest BCUT2D eigenvalue weighted by Crippen LogP contribution is -2.31. The average Bonchev–Trinajstić information content (AvgIpc) is 2.82. The van der Waals surface area contributed by atoms with E-state index in [1.165, 1.54) is 4.90 Å². The molecule has 1 amide bonds. The highest BCUT2D eigenvalue weighted by Gasteiger charge is 2.18. The Bertz CT molecular complexity index is 500. The maximum Gasteiger partial charge on any atom is 0.312 e. The number of ether oxygens (including phenoxy) is 2. The summed E-state index contributed by atoms with van der Waals surface area (Å²) in [4.78, 5) is 23.8. The molecule has 0 spiro atoms. The predicted octanol–water partition coefficient (Wildman–Crippen LogP) is 1.24. The fourth-order valence-electron chi connectivity index (χ4n) is 1.88. The van der Waals surface area contributed by atoms with E-state index in [-0.39, 0.29) is 6.79 Å². The second-order valence-corrected chi connectivity index (χ2v) is 4.17. The number of carboxylic acid groups (broad SMARTS) is 1. The van der Waals surface area contributed by atoms with Crippen molar-refractivity contribution in [2.45, 2.75) is 19.9 Å². The summed E-state index contributed by atoms with van der Waals surface area (Å²) in [6.45, 7) is 2.83. The molecule has 2 rings (SSSR count). The lowest BCUT2D eigenvalue weighted by molar-refractivity contribution is -0.144. The van der Waals surface area contributed by atoms with Crippen LogP contribution < -0.4 is 9.47 Å². The van der Waals surface area contributed by atoms with E-state index in [9.17, 15) is 9.59 Å². The molecule has 0 saturated heterocycles. The zero-order valence-electron chi connectivity index (χ0n) is 10.6. The highest BCUT2D eigenvalue weighted by Crippen LogP contribution is 2.32. The van der Waals surface area contributed by atoms with Crippen molar-refractivity contribution in [3.8, 4) is 11.5 Å². The van der Waals surface area contributed by atoms with Gasteiger partial charge in [0.1, 0.15) is 6.42 Å². The largest absolute Gasteiger partial charge is 0.481 e. The first kappa shape index (κ1) is 13.2. The molecule has 0 unspecified atom stereocenters. The predicted molar refractivity (Wildman–Crippen MR) is 65.9 cm³/mol. The quantitative estimate of drug-likeness (QED) is 0.810. The van der Waals surface area contributed by atoms with Gasteiger partial charge in [-0.3, -0.25) is 9.59 Å². The maximum absolute atomic E-state index is 11.7. The smallest absolute Gasteiger partial charge is 0.312 e. The van der Waals surface area contributed by atoms with Gasteiger partial charge < -0.3 is 19.5 Å². The topological polar surface area (TPSA) is 76.1 Å². The molecule has 1 aromatic carbocycles. The standard InChI is InChI=1S/C13H15NO5/c1-2-14(12(15)6-13(16)17)7-9-3-4-10-11(5-9)19-8-18-10/h3-5H,2,6-8H2,1H3,(H,16,17). The van der Waals surface area contributed by atoms with Crippen LogP contribution in [0.5, 0.6) is 11.5 Å². The van der Waals surface area contributed by atoms with Gasteiger partial charge in [-0.15, -0.1) is 0 Å². The second-order valence-electron chi connectivity index (χ2n) is 4.17. The van der Waals surface area contributed by atoms with Crippen molar-refractivity contribution in [1.82, 2.24) is 4.90 Å². The third-order valence-electron chi connectivity index (χ3n) is 2.85. The lowest BCUT2D eigenvalue weighted by Gasteiger charge is -2.20. The maximum atomic E-state index is 11.7. The van der Waals surface area contributed by atoms with Crippen LogP contribution in [0.3, 0.4) is 0 Å². The average molecular weight is 265 g/mol. The number of hydrogen-bond donors (Lipinski definition) is 1. The van der Waals surface area contributed by atoms with E-state index in [2.05, 4.69) is 0 Å². The van der Waals surface area contributed by atoms with Crippen molar-refractivity contribution >= 4 is 11.9 Å². The summed E-state index contributed by atoms with van der Waals surface area (Å²) in [6.07, 6.45) is -0.488. The van der Waals surface area contributed by atoms with Crippen LogP contribution in [-0.4, -0.2) is 35.2 Å². The molecule has 0 aliphatic carbocycles. The van der Waals surface area contributed by atoms with Crippen LogP contribution in [-0.2, 0) is 16.1 Å². The summed E-state index contributed by atoms with van der Waals surface area (Å²) < 4.78 is 10.5. The third-order valence-corrected chi connectivity index (χ3v) is 2.85. The van der Waals surface area contributed by atoms with Crippen molar-refractivity contribution in [1.29, 1.82) is 0 Å². The zero-order valence-corrected chi connectivity index (χ0v) is 10.6. The van der Waals surface area contributed by atoms with Gasteiger partial charge in [-0.1, -0.05) is 6.07 Å². The van der Waals surface area contributed by atoms with Crippen LogP contribution >= 0.6 is 0 Å². The van der Waals surface area contributed by atoms with E-state index in [4.69, 9.17) is 14.6 Å². The Labute approximate surface area is 110 Å². The number of aliphatic carboxylic acids is 1. The molecule has 1 aromatic rings. The number of carbonyl (C=O) groups is 2. The van der Waals surface area contributed by atoms with Crippen LogP contribution in [0, 0.1) is 0 Å². The summed E-state index contributed by atoms with van der Waals surface area (Å²) in [7, 11) is 0. The van der Waals surface area contributed by atoms with Crippen molar-refractivity contribution in [2.24, 2.45) is 0 Å². The Kier molecular flexibility index (Phi) is 3.89. The van der Waals surface area contributed by atoms with Crippen molar-refractivity contribution in [3.63, 3.8) is 0 Å².